The van der Waals surface area contributed by atoms with Crippen molar-refractivity contribution in [3.63, 3.8) is 0 Å². The lowest BCUT2D eigenvalue weighted by atomic mass is 10.0. The molecule has 0 aliphatic carbocycles. The number of benzene rings is 1. The van der Waals surface area contributed by atoms with E-state index in [4.69, 9.17) is 5.14 Å². The van der Waals surface area contributed by atoms with Crippen LogP contribution in [0, 0.1) is 0 Å². The van der Waals surface area contributed by atoms with Gasteiger partial charge in [0.15, 0.2) is 0 Å². The van der Waals surface area contributed by atoms with Crippen LogP contribution in [0.1, 0.15) is 19.4 Å². The van der Waals surface area contributed by atoms with Crippen LogP contribution in [-0.4, -0.2) is 28.5 Å². The van der Waals surface area contributed by atoms with Gasteiger partial charge < -0.3 is 4.74 Å². The zero-order valence-electron chi connectivity index (χ0n) is 12.8. The Labute approximate surface area is 138 Å². The molecule has 0 aromatic heterocycles. The molecule has 0 heterocycles. The zero-order chi connectivity index (χ0) is 18.5. The van der Waals surface area contributed by atoms with Crippen LogP contribution < -0.4 is 9.88 Å². The largest absolute Gasteiger partial charge is 0.522 e. The molecule has 0 aliphatic heterocycles. The Morgan fingerprint density at radius 1 is 1.33 bits per heavy atom. The molecule has 0 saturated carbocycles. The molecule has 1 aromatic rings. The monoisotopic (exact) mass is 373 g/mol. The van der Waals surface area contributed by atoms with E-state index in [9.17, 15) is 26.2 Å². The Morgan fingerprint density at radius 2 is 1.96 bits per heavy atom. The third kappa shape index (κ3) is 6.93. The van der Waals surface area contributed by atoms with Gasteiger partial charge in [-0.05, 0) is 37.1 Å². The summed E-state index contributed by atoms with van der Waals surface area (Å²) in [7, 11) is -1.87. The average molecular weight is 373 g/mol. The van der Waals surface area contributed by atoms with Gasteiger partial charge in [-0.25, -0.2) is 4.21 Å². The van der Waals surface area contributed by atoms with Crippen LogP contribution >= 0.6 is 0 Å². The van der Waals surface area contributed by atoms with Gasteiger partial charge >= 0.3 is 13.0 Å². The van der Waals surface area contributed by atoms with Crippen molar-refractivity contribution in [1.82, 2.24) is 0 Å². The minimum absolute atomic E-state index is 0.0177. The van der Waals surface area contributed by atoms with Crippen molar-refractivity contribution >= 4 is 16.6 Å². The highest BCUT2D eigenvalue weighted by atomic mass is 32.2. The number of rotatable bonds is 7. The fourth-order valence-corrected chi connectivity index (χ4v) is 1.98. The van der Waals surface area contributed by atoms with Crippen LogP contribution in [0.5, 0.6) is 5.75 Å². The van der Waals surface area contributed by atoms with Crippen LogP contribution in [0.4, 0.5) is 22.0 Å². The third-order valence-corrected chi connectivity index (χ3v) is 4.02. The first-order chi connectivity index (χ1) is 10.9. The molecule has 0 saturated heterocycles. The molecule has 0 amide bonds. The summed E-state index contributed by atoms with van der Waals surface area (Å²) in [5.74, 6) is -0.230. The van der Waals surface area contributed by atoms with Gasteiger partial charge in [0.05, 0.1) is 22.3 Å². The summed E-state index contributed by atoms with van der Waals surface area (Å²) < 4.78 is 79.8. The van der Waals surface area contributed by atoms with Crippen LogP contribution in [0.25, 0.3) is 5.57 Å². The van der Waals surface area contributed by atoms with Gasteiger partial charge in [0.1, 0.15) is 5.75 Å². The molecule has 0 radical (unpaired) electrons. The lowest BCUT2D eigenvalue weighted by Gasteiger charge is -2.20. The van der Waals surface area contributed by atoms with Gasteiger partial charge in [-0.2, -0.15) is 8.78 Å². The molecule has 10 heteroatoms. The van der Waals surface area contributed by atoms with Crippen molar-refractivity contribution in [3.8, 4) is 5.75 Å². The van der Waals surface area contributed by atoms with Crippen molar-refractivity contribution in [2.45, 2.75) is 31.6 Å². The normalized spacial score (nSPS) is 14.8. The summed E-state index contributed by atoms with van der Waals surface area (Å²) in [5.41, 5.74) is 0.131. The molecule has 136 valence electrons. The molecule has 1 aromatic carbocycles. The Morgan fingerprint density at radius 3 is 2.46 bits per heavy atom. The average Bonchev–Trinajstić information content (AvgIpc) is 2.41. The van der Waals surface area contributed by atoms with E-state index in [0.29, 0.717) is 0 Å². The van der Waals surface area contributed by atoms with Crippen LogP contribution in [0.15, 0.2) is 30.3 Å². The van der Waals surface area contributed by atoms with Gasteiger partial charge in [0.25, 0.3) is 0 Å². The van der Waals surface area contributed by atoms with Gasteiger partial charge in [-0.15, -0.1) is 13.2 Å². The third-order valence-electron chi connectivity index (χ3n) is 2.86. The summed E-state index contributed by atoms with van der Waals surface area (Å²) in [4.78, 5) is 0. The topological polar surface area (TPSA) is 61.6 Å². The van der Waals surface area contributed by atoms with Gasteiger partial charge in [-0.1, -0.05) is 18.2 Å². The van der Waals surface area contributed by atoms with E-state index >= 15 is 0 Å². The second-order valence-electron chi connectivity index (χ2n) is 5.21. The Kier molecular flexibility index (Phi) is 6.87. The first-order valence-electron chi connectivity index (χ1n) is 6.54. The van der Waals surface area contributed by atoms with E-state index in [2.05, 4.69) is 9.47 Å². The quantitative estimate of drug-likeness (QED) is 0.743. The summed E-state index contributed by atoms with van der Waals surface area (Å²) >= 11 is 0. The fourth-order valence-electron chi connectivity index (χ4n) is 1.72. The maximum absolute atomic E-state index is 12.3. The first kappa shape index (κ1) is 20.5. The van der Waals surface area contributed by atoms with E-state index < -0.39 is 35.3 Å². The highest BCUT2D eigenvalue weighted by Crippen LogP contribution is 2.28. The second-order valence-corrected chi connectivity index (χ2v) is 6.86. The highest BCUT2D eigenvalue weighted by Gasteiger charge is 2.30. The van der Waals surface area contributed by atoms with E-state index in [1.54, 1.807) is 0 Å². The van der Waals surface area contributed by atoms with Crippen molar-refractivity contribution in [3.05, 3.63) is 35.9 Å². The van der Waals surface area contributed by atoms with Crippen LogP contribution in [0.2, 0.25) is 0 Å². The van der Waals surface area contributed by atoms with Crippen molar-refractivity contribution < 1.29 is 35.6 Å². The lowest BCUT2D eigenvalue weighted by molar-refractivity contribution is -0.318. The summed E-state index contributed by atoms with van der Waals surface area (Å²) in [6.07, 6.45) is -3.64. The van der Waals surface area contributed by atoms with Gasteiger partial charge in [0.2, 0.25) is 0 Å². The number of hydrogen-bond donors (Lipinski definition) is 1. The maximum atomic E-state index is 12.3. The fraction of sp³-hybridized carbons (Fsp3) is 0.429. The molecule has 0 spiro atoms. The van der Waals surface area contributed by atoms with Gasteiger partial charge in [0, 0.05) is 0 Å². The second kappa shape index (κ2) is 8.04. The standard InChI is InChI=1S/C14H16F5NO3S/c1-13(2,24(20)21)7-10(8-22-14(17,18)19)9-4-3-5-11(6-9)23-12(15)16/h3-7,12H,8,20H2,1-2H3. The van der Waals surface area contributed by atoms with E-state index in [1.165, 1.54) is 38.1 Å². The van der Waals surface area contributed by atoms with E-state index in [1.807, 2.05) is 0 Å². The van der Waals surface area contributed by atoms with Crippen molar-refractivity contribution in [1.29, 1.82) is 0 Å². The molecule has 1 unspecified atom stereocenters. The summed E-state index contributed by atoms with van der Waals surface area (Å²) in [5, 5.41) is 5.32. The molecular weight excluding hydrogens is 357 g/mol. The van der Waals surface area contributed by atoms with Crippen LogP contribution in [-0.2, 0) is 15.7 Å². The predicted octanol–water partition coefficient (Wildman–Crippen LogP) is 3.61. The molecule has 1 atom stereocenters. The minimum Gasteiger partial charge on any atom is -0.435 e. The Hall–Kier alpha value is -1.52. The van der Waals surface area contributed by atoms with Crippen molar-refractivity contribution in [2.24, 2.45) is 5.14 Å². The molecular formula is C14H16F5NO3S. The number of hydrogen-bond acceptors (Lipinski definition) is 3. The summed E-state index contributed by atoms with van der Waals surface area (Å²) in [6, 6.07) is 5.08. The van der Waals surface area contributed by atoms with Gasteiger partial charge in [-0.3, -0.25) is 9.88 Å². The molecule has 0 fully saturated rings. The number of ether oxygens (including phenoxy) is 2. The molecule has 2 N–H and O–H groups in total. The minimum atomic E-state index is -4.89. The Bertz CT molecular complexity index is 617. The molecule has 4 nitrogen and oxygen atoms in total. The number of nitrogens with two attached hydrogens (primary N) is 1. The molecule has 24 heavy (non-hydrogen) atoms. The molecule has 0 bridgehead atoms. The predicted molar refractivity (Wildman–Crippen MR) is 79.5 cm³/mol. The highest BCUT2D eigenvalue weighted by molar-refractivity contribution is 7.84. The zero-order valence-corrected chi connectivity index (χ0v) is 13.6. The first-order valence-corrected chi connectivity index (χ1v) is 7.76. The molecule has 0 aliphatic rings. The van der Waals surface area contributed by atoms with E-state index in [-0.39, 0.29) is 16.9 Å². The summed E-state index contributed by atoms with van der Waals surface area (Å²) in [6.45, 7) is -1.07. The Balaban J connectivity index is 3.22. The smallest absolute Gasteiger partial charge is 0.435 e. The molecule has 1 rings (SSSR count). The number of halogens is 5. The lowest BCUT2D eigenvalue weighted by Crippen LogP contribution is -2.30. The number of alkyl halides is 5. The SMILES string of the molecule is CC(C)(C=C(COC(F)(F)F)c1cccc(OC(F)F)c1)S(N)=O. The van der Waals surface area contributed by atoms with Crippen LogP contribution in [0.3, 0.4) is 0 Å². The maximum Gasteiger partial charge on any atom is 0.522 e. The van der Waals surface area contributed by atoms with E-state index in [0.717, 1.165) is 6.07 Å². The van der Waals surface area contributed by atoms with Crippen molar-refractivity contribution in [2.75, 3.05) is 6.61 Å².